The van der Waals surface area contributed by atoms with Crippen LogP contribution in [0.1, 0.15) is 65.7 Å². The summed E-state index contributed by atoms with van der Waals surface area (Å²) in [5.41, 5.74) is 0. The summed E-state index contributed by atoms with van der Waals surface area (Å²) in [7, 11) is 0. The second-order valence-electron chi connectivity index (χ2n) is 6.57. The standard InChI is InChI=1S/C17H35NO2/c1-4-5-6-7-11-20-13-16(19)12-18-17-10-8-9-14(2)15(17)3/h14-19H,4-13H2,1-3H3. The predicted molar refractivity (Wildman–Crippen MR) is 84.9 cm³/mol. The maximum absolute atomic E-state index is 9.95. The molecule has 0 saturated heterocycles. The molecule has 120 valence electrons. The van der Waals surface area contributed by atoms with Crippen LogP contribution in [0.3, 0.4) is 0 Å². The first kappa shape index (κ1) is 17.9. The van der Waals surface area contributed by atoms with Crippen LogP contribution in [-0.2, 0) is 4.74 Å². The number of hydrogen-bond donors (Lipinski definition) is 2. The van der Waals surface area contributed by atoms with E-state index in [0.717, 1.165) is 18.9 Å². The second kappa shape index (κ2) is 10.6. The summed E-state index contributed by atoms with van der Waals surface area (Å²) in [6, 6.07) is 0.568. The Hall–Kier alpha value is -0.120. The van der Waals surface area contributed by atoms with Gasteiger partial charge in [-0.1, -0.05) is 52.9 Å². The molecule has 3 nitrogen and oxygen atoms in total. The maximum Gasteiger partial charge on any atom is 0.0897 e. The van der Waals surface area contributed by atoms with Crippen LogP contribution in [0.2, 0.25) is 0 Å². The average molecular weight is 285 g/mol. The molecule has 0 aromatic carbocycles. The molecular formula is C17H35NO2. The van der Waals surface area contributed by atoms with Gasteiger partial charge in [0.25, 0.3) is 0 Å². The Bertz CT molecular complexity index is 235. The molecule has 1 aliphatic carbocycles. The van der Waals surface area contributed by atoms with Gasteiger partial charge in [0, 0.05) is 19.2 Å². The van der Waals surface area contributed by atoms with Crippen LogP contribution in [-0.4, -0.2) is 37.0 Å². The van der Waals surface area contributed by atoms with Gasteiger partial charge in [0.1, 0.15) is 0 Å². The highest BCUT2D eigenvalue weighted by Crippen LogP contribution is 2.29. The van der Waals surface area contributed by atoms with Crippen molar-refractivity contribution in [2.75, 3.05) is 19.8 Å². The van der Waals surface area contributed by atoms with Crippen molar-refractivity contribution in [1.29, 1.82) is 0 Å². The van der Waals surface area contributed by atoms with E-state index in [4.69, 9.17) is 4.74 Å². The lowest BCUT2D eigenvalue weighted by Crippen LogP contribution is -2.44. The van der Waals surface area contributed by atoms with E-state index in [9.17, 15) is 5.11 Å². The highest BCUT2D eigenvalue weighted by Gasteiger charge is 2.26. The highest BCUT2D eigenvalue weighted by atomic mass is 16.5. The van der Waals surface area contributed by atoms with Gasteiger partial charge < -0.3 is 15.2 Å². The van der Waals surface area contributed by atoms with Crippen molar-refractivity contribution in [3.63, 3.8) is 0 Å². The summed E-state index contributed by atoms with van der Waals surface area (Å²) in [5, 5.41) is 13.5. The zero-order valence-corrected chi connectivity index (χ0v) is 13.7. The lowest BCUT2D eigenvalue weighted by Gasteiger charge is -2.35. The third-order valence-corrected chi connectivity index (χ3v) is 4.77. The molecule has 1 rings (SSSR count). The van der Waals surface area contributed by atoms with Crippen LogP contribution in [0.5, 0.6) is 0 Å². The first-order valence-corrected chi connectivity index (χ1v) is 8.64. The molecule has 0 spiro atoms. The van der Waals surface area contributed by atoms with Crippen molar-refractivity contribution in [2.24, 2.45) is 11.8 Å². The third-order valence-electron chi connectivity index (χ3n) is 4.77. The van der Waals surface area contributed by atoms with E-state index in [-0.39, 0.29) is 6.10 Å². The van der Waals surface area contributed by atoms with Crippen molar-refractivity contribution in [3.05, 3.63) is 0 Å². The van der Waals surface area contributed by atoms with E-state index in [2.05, 4.69) is 26.1 Å². The van der Waals surface area contributed by atoms with Crippen LogP contribution in [0.15, 0.2) is 0 Å². The van der Waals surface area contributed by atoms with Crippen LogP contribution in [0, 0.1) is 11.8 Å². The Kier molecular flexibility index (Phi) is 9.49. The fourth-order valence-electron chi connectivity index (χ4n) is 3.07. The molecule has 3 heteroatoms. The van der Waals surface area contributed by atoms with Gasteiger partial charge in [0.15, 0.2) is 0 Å². The Balaban J connectivity index is 2.03. The molecule has 2 N–H and O–H groups in total. The minimum Gasteiger partial charge on any atom is -0.389 e. The quantitative estimate of drug-likeness (QED) is 0.605. The summed E-state index contributed by atoms with van der Waals surface area (Å²) in [5.74, 6) is 1.51. The van der Waals surface area contributed by atoms with E-state index in [1.54, 1.807) is 0 Å². The normalized spacial score (nSPS) is 28.5. The zero-order valence-electron chi connectivity index (χ0n) is 13.7. The summed E-state index contributed by atoms with van der Waals surface area (Å²) in [6.45, 7) is 8.80. The van der Waals surface area contributed by atoms with E-state index in [1.807, 2.05) is 0 Å². The van der Waals surface area contributed by atoms with E-state index in [0.29, 0.717) is 25.1 Å². The number of rotatable bonds is 10. The molecule has 4 unspecified atom stereocenters. The summed E-state index contributed by atoms with van der Waals surface area (Å²) < 4.78 is 5.54. The Labute approximate surface area is 125 Å². The molecule has 0 radical (unpaired) electrons. The molecule has 0 aromatic heterocycles. The highest BCUT2D eigenvalue weighted by molar-refractivity contribution is 4.82. The first-order valence-electron chi connectivity index (χ1n) is 8.64. The number of ether oxygens (including phenoxy) is 1. The molecule has 0 aromatic rings. The summed E-state index contributed by atoms with van der Waals surface area (Å²) >= 11 is 0. The van der Waals surface area contributed by atoms with Crippen LogP contribution < -0.4 is 5.32 Å². The summed E-state index contributed by atoms with van der Waals surface area (Å²) in [6.07, 6.45) is 8.43. The van der Waals surface area contributed by atoms with Crippen molar-refractivity contribution in [1.82, 2.24) is 5.32 Å². The van der Waals surface area contributed by atoms with Crippen LogP contribution in [0.25, 0.3) is 0 Å². The Morgan fingerprint density at radius 3 is 2.75 bits per heavy atom. The number of hydrogen-bond acceptors (Lipinski definition) is 3. The van der Waals surface area contributed by atoms with Crippen molar-refractivity contribution in [2.45, 2.75) is 77.9 Å². The molecule has 4 atom stereocenters. The second-order valence-corrected chi connectivity index (χ2v) is 6.57. The van der Waals surface area contributed by atoms with Crippen molar-refractivity contribution < 1.29 is 9.84 Å². The fourth-order valence-corrected chi connectivity index (χ4v) is 3.07. The molecule has 0 heterocycles. The molecule has 0 bridgehead atoms. The van der Waals surface area contributed by atoms with Gasteiger partial charge in [-0.25, -0.2) is 0 Å². The molecule has 1 aliphatic rings. The molecule has 0 amide bonds. The average Bonchev–Trinajstić information content (AvgIpc) is 2.44. The van der Waals surface area contributed by atoms with Crippen molar-refractivity contribution in [3.8, 4) is 0 Å². The van der Waals surface area contributed by atoms with Gasteiger partial charge in [-0.3, -0.25) is 0 Å². The lowest BCUT2D eigenvalue weighted by molar-refractivity contribution is 0.0313. The van der Waals surface area contributed by atoms with Gasteiger partial charge in [-0.15, -0.1) is 0 Å². The monoisotopic (exact) mass is 285 g/mol. The number of nitrogens with one attached hydrogen (secondary N) is 1. The number of unbranched alkanes of at least 4 members (excludes halogenated alkanes) is 3. The number of aliphatic hydroxyl groups is 1. The Morgan fingerprint density at radius 1 is 1.20 bits per heavy atom. The van der Waals surface area contributed by atoms with E-state index in [1.165, 1.54) is 38.5 Å². The van der Waals surface area contributed by atoms with Gasteiger partial charge in [-0.2, -0.15) is 0 Å². The smallest absolute Gasteiger partial charge is 0.0897 e. The molecule has 1 fully saturated rings. The molecule has 1 saturated carbocycles. The van der Waals surface area contributed by atoms with Gasteiger partial charge in [0.2, 0.25) is 0 Å². The Morgan fingerprint density at radius 2 is 2.00 bits per heavy atom. The van der Waals surface area contributed by atoms with Gasteiger partial charge in [-0.05, 0) is 24.7 Å². The van der Waals surface area contributed by atoms with Crippen LogP contribution in [0.4, 0.5) is 0 Å². The minimum atomic E-state index is -0.370. The van der Waals surface area contributed by atoms with Gasteiger partial charge >= 0.3 is 0 Å². The zero-order chi connectivity index (χ0) is 14.8. The SMILES string of the molecule is CCCCCCOCC(O)CNC1CCCC(C)C1C. The van der Waals surface area contributed by atoms with Crippen LogP contribution >= 0.6 is 0 Å². The summed E-state index contributed by atoms with van der Waals surface area (Å²) in [4.78, 5) is 0. The molecule has 0 aliphatic heterocycles. The predicted octanol–water partition coefficient (Wildman–Crippen LogP) is 3.36. The third kappa shape index (κ3) is 7.05. The maximum atomic E-state index is 9.95. The fraction of sp³-hybridized carbons (Fsp3) is 1.00. The van der Waals surface area contributed by atoms with Gasteiger partial charge in [0.05, 0.1) is 12.7 Å². The molecular weight excluding hydrogens is 250 g/mol. The first-order chi connectivity index (χ1) is 9.65. The largest absolute Gasteiger partial charge is 0.389 e. The molecule has 20 heavy (non-hydrogen) atoms. The van der Waals surface area contributed by atoms with E-state index < -0.39 is 0 Å². The minimum absolute atomic E-state index is 0.370. The van der Waals surface area contributed by atoms with Crippen molar-refractivity contribution >= 4 is 0 Å². The van der Waals surface area contributed by atoms with E-state index >= 15 is 0 Å². The lowest BCUT2D eigenvalue weighted by atomic mass is 9.78. The number of aliphatic hydroxyl groups excluding tert-OH is 1. The topological polar surface area (TPSA) is 41.5 Å².